The molecule has 2 N–H and O–H groups in total. The fourth-order valence-electron chi connectivity index (χ4n) is 5.15. The van der Waals surface area contributed by atoms with Crippen LogP contribution >= 0.6 is 23.1 Å². The summed E-state index contributed by atoms with van der Waals surface area (Å²) in [6, 6.07) is 17.0. The summed E-state index contributed by atoms with van der Waals surface area (Å²) in [4.78, 5) is 79.4. The molecule has 1 saturated heterocycles. The molecule has 250 valence electrons. The number of thioether (sulfide) groups is 1. The summed E-state index contributed by atoms with van der Waals surface area (Å²) >= 11 is 2.25. The van der Waals surface area contributed by atoms with Gasteiger partial charge >= 0.3 is 12.1 Å². The van der Waals surface area contributed by atoms with Crippen molar-refractivity contribution in [3.05, 3.63) is 113 Å². The van der Waals surface area contributed by atoms with Crippen LogP contribution in [0.1, 0.15) is 29.8 Å². The maximum atomic E-state index is 14.2. The van der Waals surface area contributed by atoms with Crippen molar-refractivity contribution >= 4 is 64.2 Å². The lowest BCUT2D eigenvalue weighted by Crippen LogP contribution is -2.71. The van der Waals surface area contributed by atoms with Gasteiger partial charge in [-0.3, -0.25) is 19.3 Å². The van der Waals surface area contributed by atoms with Crippen molar-refractivity contribution in [2.75, 3.05) is 12.4 Å². The van der Waals surface area contributed by atoms with Crippen LogP contribution in [0.3, 0.4) is 0 Å². The number of carbonyl (C=O) groups is 5. The van der Waals surface area contributed by atoms with Crippen LogP contribution < -0.4 is 10.6 Å². The Morgan fingerprint density at radius 3 is 2.37 bits per heavy atom. The zero-order valence-corrected chi connectivity index (χ0v) is 27.4. The van der Waals surface area contributed by atoms with Gasteiger partial charge in [0.05, 0.1) is 5.25 Å². The Labute approximate surface area is 286 Å². The standard InChI is InChI=1S/C32H27N7O8S2/c1-18-25(47-32(44)38-14-13-33-16-38)24(30(43)46-26(19-9-5-3-6-10-19)20-11-7-4-8-12-20)39-28(42)23(29(39)49-18)36-27(41)22(37-45-2)21-15-48-31(35-21)34-17-40/h3-18,23,26,29H,1-2H3,(H,36,41)(H,34,35,40)/t18?,23?,29-/m1/s1. The van der Waals surface area contributed by atoms with Gasteiger partial charge in [-0.25, -0.2) is 24.1 Å². The van der Waals surface area contributed by atoms with Crippen molar-refractivity contribution in [2.24, 2.45) is 5.16 Å². The summed E-state index contributed by atoms with van der Waals surface area (Å²) in [6.45, 7) is 1.70. The number of nitrogens with zero attached hydrogens (tertiary/aromatic N) is 5. The van der Waals surface area contributed by atoms with Crippen molar-refractivity contribution in [3.8, 4) is 0 Å². The number of rotatable bonds is 11. The molecule has 2 aromatic carbocycles. The fraction of sp³-hybridized carbons (Fsp3) is 0.188. The molecule has 3 amide bonds. The molecule has 0 spiro atoms. The Hall–Kier alpha value is -5.81. The first-order valence-corrected chi connectivity index (χ1v) is 16.4. The quantitative estimate of drug-likeness (QED) is 0.0770. The molecule has 1 fully saturated rings. The number of β-lactam (4-membered cyclic amide) rings is 1. The zero-order valence-electron chi connectivity index (χ0n) is 25.8. The number of carbonyl (C=O) groups excluding carboxylic acids is 5. The Bertz CT molecular complexity index is 1890. The van der Waals surface area contributed by atoms with Crippen LogP contribution in [0.2, 0.25) is 0 Å². The summed E-state index contributed by atoms with van der Waals surface area (Å²) in [7, 11) is 1.24. The largest absolute Gasteiger partial charge is 0.448 e. The second-order valence-electron chi connectivity index (χ2n) is 10.4. The molecule has 0 aliphatic carbocycles. The molecule has 15 nitrogen and oxygen atoms in total. The van der Waals surface area contributed by atoms with Gasteiger partial charge in [0.2, 0.25) is 6.41 Å². The Balaban J connectivity index is 1.32. The van der Waals surface area contributed by atoms with Gasteiger partial charge in [0.15, 0.2) is 28.4 Å². The molecular weight excluding hydrogens is 675 g/mol. The predicted octanol–water partition coefficient (Wildman–Crippen LogP) is 3.28. The van der Waals surface area contributed by atoms with Crippen molar-refractivity contribution < 1.29 is 38.3 Å². The average molecular weight is 702 g/mol. The molecule has 2 aliphatic heterocycles. The van der Waals surface area contributed by atoms with E-state index in [2.05, 4.69) is 25.8 Å². The summed E-state index contributed by atoms with van der Waals surface area (Å²) in [5.74, 6) is -2.45. The lowest BCUT2D eigenvalue weighted by molar-refractivity contribution is -0.155. The number of hydrogen-bond donors (Lipinski definition) is 2. The SMILES string of the molecule is CON=C(C(=O)NC1C(=O)N2C(C(=O)OC(c3ccccc3)c3ccccc3)=C(OC(=O)n3ccnc3)C(C)S[C@H]12)c1csc(NC=O)n1. The van der Waals surface area contributed by atoms with E-state index in [9.17, 15) is 24.0 Å². The third-order valence-corrected chi connectivity index (χ3v) is 9.54. The van der Waals surface area contributed by atoms with Crippen LogP contribution in [0.15, 0.2) is 101 Å². The number of benzene rings is 2. The van der Waals surface area contributed by atoms with E-state index in [4.69, 9.17) is 14.3 Å². The molecule has 3 atom stereocenters. The molecule has 0 radical (unpaired) electrons. The van der Waals surface area contributed by atoms with Crippen LogP contribution in [0.5, 0.6) is 0 Å². The summed E-state index contributed by atoms with van der Waals surface area (Å²) < 4.78 is 12.9. The molecule has 2 unspecified atom stereocenters. The minimum Gasteiger partial charge on any atom is -0.448 e. The van der Waals surface area contributed by atoms with Crippen molar-refractivity contribution in [3.63, 3.8) is 0 Å². The minimum atomic E-state index is -1.11. The number of esters is 1. The third-order valence-electron chi connectivity index (χ3n) is 7.38. The Kier molecular flexibility index (Phi) is 9.82. The molecule has 4 aromatic rings. The normalized spacial score (nSPS) is 18.7. The molecular formula is C32H27N7O8S2. The highest BCUT2D eigenvalue weighted by molar-refractivity contribution is 8.00. The van der Waals surface area contributed by atoms with Crippen molar-refractivity contribution in [1.29, 1.82) is 0 Å². The second-order valence-corrected chi connectivity index (χ2v) is 12.7. The average Bonchev–Trinajstić information content (AvgIpc) is 3.83. The number of oxime groups is 1. The van der Waals surface area contributed by atoms with Gasteiger partial charge in [0.1, 0.15) is 30.5 Å². The number of fused-ring (bicyclic) bond motifs is 1. The monoisotopic (exact) mass is 701 g/mol. The molecule has 6 rings (SSSR count). The van der Waals surface area contributed by atoms with E-state index in [1.165, 1.54) is 43.0 Å². The second kappa shape index (κ2) is 14.5. The van der Waals surface area contributed by atoms with E-state index >= 15 is 0 Å². The number of amides is 3. The first kappa shape index (κ1) is 33.1. The van der Waals surface area contributed by atoms with E-state index in [0.29, 0.717) is 17.5 Å². The molecule has 2 aromatic heterocycles. The first-order chi connectivity index (χ1) is 23.8. The van der Waals surface area contributed by atoms with Crippen molar-refractivity contribution in [1.82, 2.24) is 24.8 Å². The van der Waals surface area contributed by atoms with Gasteiger partial charge in [-0.2, -0.15) is 0 Å². The minimum absolute atomic E-state index is 0.0951. The van der Waals surface area contributed by atoms with Gasteiger partial charge in [0.25, 0.3) is 11.8 Å². The number of ether oxygens (including phenoxy) is 2. The van der Waals surface area contributed by atoms with Gasteiger partial charge in [-0.1, -0.05) is 65.8 Å². The highest BCUT2D eigenvalue weighted by Crippen LogP contribution is 2.45. The highest BCUT2D eigenvalue weighted by atomic mass is 32.2. The molecule has 4 heterocycles. The van der Waals surface area contributed by atoms with Crippen LogP contribution in [-0.2, 0) is 33.5 Å². The predicted molar refractivity (Wildman–Crippen MR) is 177 cm³/mol. The van der Waals surface area contributed by atoms with E-state index in [1.807, 2.05) is 36.4 Å². The maximum absolute atomic E-state index is 14.2. The van der Waals surface area contributed by atoms with E-state index < -0.39 is 46.6 Å². The van der Waals surface area contributed by atoms with Crippen LogP contribution in [0, 0.1) is 0 Å². The molecule has 0 bridgehead atoms. The van der Waals surface area contributed by atoms with E-state index in [-0.39, 0.29) is 28.0 Å². The first-order valence-electron chi connectivity index (χ1n) is 14.6. The van der Waals surface area contributed by atoms with Crippen LogP contribution in [0.25, 0.3) is 0 Å². The molecule has 2 aliphatic rings. The Morgan fingerprint density at radius 2 is 1.76 bits per heavy atom. The van der Waals surface area contributed by atoms with Crippen LogP contribution in [-0.4, -0.2) is 79.2 Å². The lowest BCUT2D eigenvalue weighted by atomic mass is 10.0. The maximum Gasteiger partial charge on any atom is 0.424 e. The van der Waals surface area contributed by atoms with Crippen LogP contribution in [0.4, 0.5) is 9.93 Å². The number of anilines is 1. The van der Waals surface area contributed by atoms with Gasteiger partial charge in [0, 0.05) is 17.8 Å². The smallest absolute Gasteiger partial charge is 0.424 e. The van der Waals surface area contributed by atoms with E-state index in [1.54, 1.807) is 31.2 Å². The summed E-state index contributed by atoms with van der Waals surface area (Å²) in [6.07, 6.45) is 2.74. The van der Waals surface area contributed by atoms with E-state index in [0.717, 1.165) is 20.8 Å². The lowest BCUT2D eigenvalue weighted by Gasteiger charge is -2.50. The van der Waals surface area contributed by atoms with Gasteiger partial charge < -0.3 is 24.9 Å². The number of imidazole rings is 1. The fourth-order valence-corrected chi connectivity index (χ4v) is 7.18. The summed E-state index contributed by atoms with van der Waals surface area (Å²) in [5.41, 5.74) is 0.942. The molecule has 0 saturated carbocycles. The zero-order chi connectivity index (χ0) is 34.5. The highest BCUT2D eigenvalue weighted by Gasteiger charge is 2.57. The number of aromatic nitrogens is 3. The van der Waals surface area contributed by atoms with Gasteiger partial charge in [-0.05, 0) is 18.1 Å². The Morgan fingerprint density at radius 1 is 1.06 bits per heavy atom. The number of nitrogens with one attached hydrogen (secondary N) is 2. The molecule has 49 heavy (non-hydrogen) atoms. The topological polar surface area (TPSA) is 183 Å². The van der Waals surface area contributed by atoms with Crippen molar-refractivity contribution in [2.45, 2.75) is 29.7 Å². The third kappa shape index (κ3) is 6.79. The number of thiazole rings is 1. The molecule has 17 heteroatoms. The summed E-state index contributed by atoms with van der Waals surface area (Å²) in [5, 5.41) is 9.10. The number of hydrogen-bond acceptors (Lipinski definition) is 13. The van der Waals surface area contributed by atoms with Gasteiger partial charge in [-0.15, -0.1) is 23.1 Å².